The molecule has 2 aromatic carbocycles. The first-order chi connectivity index (χ1) is 12.5. The van der Waals surface area contributed by atoms with Gasteiger partial charge in [-0.2, -0.15) is 0 Å². The highest BCUT2D eigenvalue weighted by Crippen LogP contribution is 2.12. The number of aliphatic hydroxyl groups excluding tert-OH is 1. The van der Waals surface area contributed by atoms with Crippen LogP contribution in [0.3, 0.4) is 0 Å². The van der Waals surface area contributed by atoms with Gasteiger partial charge in [-0.15, -0.1) is 0 Å². The topological polar surface area (TPSA) is 102 Å². The van der Waals surface area contributed by atoms with Gasteiger partial charge in [0.25, 0.3) is 5.91 Å². The number of carbonyl (C=O) groups is 2. The van der Waals surface area contributed by atoms with Gasteiger partial charge in [-0.25, -0.2) is 0 Å². The van der Waals surface area contributed by atoms with Crippen LogP contribution in [-0.2, 0) is 11.2 Å². The van der Waals surface area contributed by atoms with Crippen molar-refractivity contribution < 1.29 is 19.4 Å². The Kier molecular flexibility index (Phi) is 7.17. The van der Waals surface area contributed by atoms with Crippen LogP contribution in [0.2, 0.25) is 0 Å². The average molecular weight is 356 g/mol. The van der Waals surface area contributed by atoms with Crippen molar-refractivity contribution in [1.82, 2.24) is 5.32 Å². The van der Waals surface area contributed by atoms with E-state index in [0.717, 1.165) is 5.56 Å². The maximum absolute atomic E-state index is 11.9. The summed E-state index contributed by atoms with van der Waals surface area (Å²) >= 11 is 0. The van der Waals surface area contributed by atoms with Crippen molar-refractivity contribution in [2.45, 2.75) is 13.3 Å². The number of nitrogens with one attached hydrogen (secondary N) is 1. The Labute approximate surface area is 153 Å². The van der Waals surface area contributed by atoms with Crippen LogP contribution in [0.5, 0.6) is 5.75 Å². The average Bonchev–Trinajstić information content (AvgIpc) is 2.65. The van der Waals surface area contributed by atoms with Crippen LogP contribution >= 0.6 is 0 Å². The van der Waals surface area contributed by atoms with E-state index >= 15 is 0 Å². The summed E-state index contributed by atoms with van der Waals surface area (Å²) in [5.41, 5.74) is 7.85. The number of carbonyl (C=O) groups excluding carboxylic acids is 2. The Morgan fingerprint density at radius 2 is 1.77 bits per heavy atom. The van der Waals surface area contributed by atoms with Crippen LogP contribution in [0.15, 0.2) is 48.5 Å². The van der Waals surface area contributed by atoms with Gasteiger partial charge in [0.2, 0.25) is 5.91 Å². The molecule has 0 aromatic heterocycles. The Morgan fingerprint density at radius 3 is 2.35 bits per heavy atom. The number of benzene rings is 2. The maximum atomic E-state index is 11.9. The molecular weight excluding hydrogens is 332 g/mol. The molecule has 1 atom stereocenters. The fraction of sp³-hybridized carbons (Fsp3) is 0.300. The first kappa shape index (κ1) is 19.5. The minimum absolute atomic E-state index is 0.0103. The van der Waals surface area contributed by atoms with E-state index in [0.29, 0.717) is 24.3 Å². The van der Waals surface area contributed by atoms with Crippen LogP contribution in [-0.4, -0.2) is 36.7 Å². The number of hydrogen-bond donors (Lipinski definition) is 3. The summed E-state index contributed by atoms with van der Waals surface area (Å²) in [7, 11) is 0. The molecule has 0 spiro atoms. The van der Waals surface area contributed by atoms with Crippen molar-refractivity contribution in [3.63, 3.8) is 0 Å². The van der Waals surface area contributed by atoms with Gasteiger partial charge >= 0.3 is 0 Å². The van der Waals surface area contributed by atoms with E-state index in [1.807, 2.05) is 31.2 Å². The monoisotopic (exact) mass is 356 g/mol. The Balaban J connectivity index is 1.75. The fourth-order valence-corrected chi connectivity index (χ4v) is 2.43. The van der Waals surface area contributed by atoms with Crippen molar-refractivity contribution in [1.29, 1.82) is 0 Å². The summed E-state index contributed by atoms with van der Waals surface area (Å²) in [6, 6.07) is 14.4. The second-order valence-corrected chi connectivity index (χ2v) is 6.22. The normalized spacial score (nSPS) is 11.6. The highest BCUT2D eigenvalue weighted by atomic mass is 16.5. The maximum Gasteiger partial charge on any atom is 0.257 e. The van der Waals surface area contributed by atoms with Gasteiger partial charge in [0.1, 0.15) is 5.75 Å². The molecule has 6 nitrogen and oxygen atoms in total. The molecule has 2 amide bonds. The first-order valence-electron chi connectivity index (χ1n) is 8.43. The van der Waals surface area contributed by atoms with Gasteiger partial charge < -0.3 is 20.9 Å². The second-order valence-electron chi connectivity index (χ2n) is 6.22. The zero-order valence-electron chi connectivity index (χ0n) is 14.8. The molecule has 2 aromatic rings. The lowest BCUT2D eigenvalue weighted by molar-refractivity contribution is -0.123. The number of hydrogen-bond acceptors (Lipinski definition) is 4. The molecule has 2 rings (SSSR count). The lowest BCUT2D eigenvalue weighted by Gasteiger charge is -2.15. The molecule has 0 heterocycles. The zero-order valence-corrected chi connectivity index (χ0v) is 14.8. The molecule has 0 radical (unpaired) electrons. The zero-order chi connectivity index (χ0) is 18.9. The van der Waals surface area contributed by atoms with E-state index < -0.39 is 5.91 Å². The lowest BCUT2D eigenvalue weighted by Crippen LogP contribution is -2.35. The van der Waals surface area contributed by atoms with E-state index in [4.69, 9.17) is 10.5 Å². The highest BCUT2D eigenvalue weighted by molar-refractivity contribution is 5.92. The minimum atomic E-state index is -0.516. The van der Waals surface area contributed by atoms with Gasteiger partial charge in [0.15, 0.2) is 6.61 Å². The third-order valence-electron chi connectivity index (χ3n) is 4.00. The molecule has 0 aliphatic carbocycles. The Hall–Kier alpha value is -2.86. The van der Waals surface area contributed by atoms with Crippen LogP contribution in [0, 0.1) is 12.8 Å². The SMILES string of the molecule is Cc1ccc(C[C@H](CO)CNC(=O)COc2ccc(C(N)=O)cc2)cc1. The molecular formula is C20H24N2O4. The molecule has 0 saturated heterocycles. The molecule has 0 unspecified atom stereocenters. The van der Waals surface area contributed by atoms with Crippen molar-refractivity contribution in [3.8, 4) is 5.75 Å². The number of aryl methyl sites for hydroxylation is 1. The predicted octanol–water partition coefficient (Wildman–Crippen LogP) is 1.44. The summed E-state index contributed by atoms with van der Waals surface area (Å²) in [6.07, 6.45) is 0.687. The minimum Gasteiger partial charge on any atom is -0.484 e. The Morgan fingerprint density at radius 1 is 1.12 bits per heavy atom. The predicted molar refractivity (Wildman–Crippen MR) is 98.9 cm³/mol. The smallest absolute Gasteiger partial charge is 0.257 e. The van der Waals surface area contributed by atoms with Crippen LogP contribution in [0.4, 0.5) is 0 Å². The molecule has 4 N–H and O–H groups in total. The van der Waals surface area contributed by atoms with Gasteiger partial charge in [0.05, 0.1) is 0 Å². The summed E-state index contributed by atoms with van der Waals surface area (Å²) in [4.78, 5) is 22.9. The summed E-state index contributed by atoms with van der Waals surface area (Å²) in [6.45, 7) is 2.24. The molecule has 26 heavy (non-hydrogen) atoms. The fourth-order valence-electron chi connectivity index (χ4n) is 2.43. The van der Waals surface area contributed by atoms with E-state index in [2.05, 4.69) is 5.32 Å². The van der Waals surface area contributed by atoms with Crippen LogP contribution < -0.4 is 15.8 Å². The highest BCUT2D eigenvalue weighted by Gasteiger charge is 2.11. The van der Waals surface area contributed by atoms with Crippen LogP contribution in [0.1, 0.15) is 21.5 Å². The van der Waals surface area contributed by atoms with Crippen LogP contribution in [0.25, 0.3) is 0 Å². The van der Waals surface area contributed by atoms with Gasteiger partial charge in [-0.1, -0.05) is 29.8 Å². The Bertz CT molecular complexity index is 726. The van der Waals surface area contributed by atoms with E-state index in [-0.39, 0.29) is 25.0 Å². The van der Waals surface area contributed by atoms with Crippen molar-refractivity contribution in [2.24, 2.45) is 11.7 Å². The molecule has 0 aliphatic rings. The first-order valence-corrected chi connectivity index (χ1v) is 8.43. The van der Waals surface area contributed by atoms with Gasteiger partial charge in [0, 0.05) is 24.6 Å². The van der Waals surface area contributed by atoms with E-state index in [1.54, 1.807) is 24.3 Å². The number of nitrogens with two attached hydrogens (primary N) is 1. The molecule has 138 valence electrons. The van der Waals surface area contributed by atoms with Gasteiger partial charge in [-0.05, 0) is 43.2 Å². The summed E-state index contributed by atoms with van der Waals surface area (Å²) < 4.78 is 5.37. The number of aliphatic hydroxyl groups is 1. The van der Waals surface area contributed by atoms with E-state index in [1.165, 1.54) is 5.56 Å². The van der Waals surface area contributed by atoms with E-state index in [9.17, 15) is 14.7 Å². The standard InChI is InChI=1S/C20H24N2O4/c1-14-2-4-15(5-3-14)10-16(12-23)11-22-19(24)13-26-18-8-6-17(7-9-18)20(21)25/h2-9,16,23H,10-13H2,1H3,(H2,21,25)(H,22,24)/t16-/m0/s1. The quantitative estimate of drug-likeness (QED) is 0.633. The van der Waals surface area contributed by atoms with Gasteiger partial charge in [-0.3, -0.25) is 9.59 Å². The largest absolute Gasteiger partial charge is 0.484 e. The lowest BCUT2D eigenvalue weighted by atomic mass is 9.99. The summed E-state index contributed by atoms with van der Waals surface area (Å²) in [5, 5.41) is 12.3. The second kappa shape index (κ2) is 9.58. The molecule has 0 saturated carbocycles. The molecule has 0 aliphatic heterocycles. The molecule has 0 fully saturated rings. The molecule has 0 bridgehead atoms. The van der Waals surface area contributed by atoms with Crippen molar-refractivity contribution >= 4 is 11.8 Å². The molecule has 6 heteroatoms. The number of rotatable bonds is 9. The number of ether oxygens (including phenoxy) is 1. The third-order valence-corrected chi connectivity index (χ3v) is 4.00. The van der Waals surface area contributed by atoms with Crippen molar-refractivity contribution in [2.75, 3.05) is 19.8 Å². The number of amides is 2. The number of primary amides is 1. The third kappa shape index (κ3) is 6.22. The summed E-state index contributed by atoms with van der Waals surface area (Å²) in [5.74, 6) is -0.371. The van der Waals surface area contributed by atoms with Crippen molar-refractivity contribution in [3.05, 3.63) is 65.2 Å².